The van der Waals surface area contributed by atoms with E-state index in [4.69, 9.17) is 4.74 Å². The highest BCUT2D eigenvalue weighted by atomic mass is 19.2. The first-order valence-corrected chi connectivity index (χ1v) is 5.18. The standard InChI is InChI=1S/C12H16F2O2/c1-3-16-8-12(2,15)7-9-4-5-10(13)11(14)6-9/h4-6,15H,3,7-8H2,1-2H3. The Kier molecular flexibility index (Phi) is 4.38. The highest BCUT2D eigenvalue weighted by Gasteiger charge is 2.21. The molecule has 1 rings (SSSR count). The van der Waals surface area contributed by atoms with Crippen molar-refractivity contribution >= 4 is 0 Å². The summed E-state index contributed by atoms with van der Waals surface area (Å²) in [5, 5.41) is 9.92. The third-order valence-corrected chi connectivity index (χ3v) is 2.19. The Balaban J connectivity index is 2.68. The lowest BCUT2D eigenvalue weighted by molar-refractivity contribution is -0.0297. The maximum absolute atomic E-state index is 12.9. The van der Waals surface area contributed by atoms with Crippen LogP contribution in [0, 0.1) is 11.6 Å². The molecule has 1 atom stereocenters. The van der Waals surface area contributed by atoms with E-state index in [-0.39, 0.29) is 13.0 Å². The molecular weight excluding hydrogens is 214 g/mol. The molecule has 1 N–H and O–H groups in total. The fourth-order valence-corrected chi connectivity index (χ4v) is 1.46. The summed E-state index contributed by atoms with van der Waals surface area (Å²) in [5.41, 5.74) is -0.524. The van der Waals surface area contributed by atoms with Gasteiger partial charge in [0.05, 0.1) is 12.2 Å². The van der Waals surface area contributed by atoms with E-state index in [0.717, 1.165) is 12.1 Å². The zero-order chi connectivity index (χ0) is 12.2. The van der Waals surface area contributed by atoms with Gasteiger partial charge in [0, 0.05) is 13.0 Å². The van der Waals surface area contributed by atoms with Crippen LogP contribution in [0.25, 0.3) is 0 Å². The van der Waals surface area contributed by atoms with E-state index < -0.39 is 17.2 Å². The Morgan fingerprint density at radius 2 is 2.00 bits per heavy atom. The Bertz CT molecular complexity index is 351. The van der Waals surface area contributed by atoms with E-state index >= 15 is 0 Å². The van der Waals surface area contributed by atoms with E-state index in [2.05, 4.69) is 0 Å². The van der Waals surface area contributed by atoms with Crippen molar-refractivity contribution in [3.63, 3.8) is 0 Å². The van der Waals surface area contributed by atoms with Crippen molar-refractivity contribution in [3.8, 4) is 0 Å². The van der Waals surface area contributed by atoms with Gasteiger partial charge in [-0.05, 0) is 31.5 Å². The Morgan fingerprint density at radius 1 is 1.31 bits per heavy atom. The van der Waals surface area contributed by atoms with Crippen molar-refractivity contribution in [2.75, 3.05) is 13.2 Å². The van der Waals surface area contributed by atoms with E-state index in [1.807, 2.05) is 6.92 Å². The fourth-order valence-electron chi connectivity index (χ4n) is 1.46. The van der Waals surface area contributed by atoms with Crippen LogP contribution in [-0.2, 0) is 11.2 Å². The first-order valence-electron chi connectivity index (χ1n) is 5.18. The van der Waals surface area contributed by atoms with Gasteiger partial charge in [0.25, 0.3) is 0 Å². The summed E-state index contributed by atoms with van der Waals surface area (Å²) in [5.74, 6) is -1.78. The molecule has 0 aromatic heterocycles. The van der Waals surface area contributed by atoms with Crippen LogP contribution in [0.3, 0.4) is 0 Å². The summed E-state index contributed by atoms with van der Waals surface area (Å²) in [6, 6.07) is 3.61. The average molecular weight is 230 g/mol. The van der Waals surface area contributed by atoms with Crippen LogP contribution in [-0.4, -0.2) is 23.9 Å². The van der Waals surface area contributed by atoms with Crippen LogP contribution in [0.2, 0.25) is 0 Å². The number of benzene rings is 1. The lowest BCUT2D eigenvalue weighted by Crippen LogP contribution is -2.33. The van der Waals surface area contributed by atoms with Gasteiger partial charge in [0.2, 0.25) is 0 Å². The number of halogens is 2. The number of rotatable bonds is 5. The number of hydrogen-bond donors (Lipinski definition) is 1. The third kappa shape index (κ3) is 3.87. The zero-order valence-electron chi connectivity index (χ0n) is 9.46. The second-order valence-electron chi connectivity index (χ2n) is 4.06. The molecule has 4 heteroatoms. The second-order valence-corrected chi connectivity index (χ2v) is 4.06. The Labute approximate surface area is 93.9 Å². The summed E-state index contributed by atoms with van der Waals surface area (Å²) in [7, 11) is 0. The average Bonchev–Trinajstić information content (AvgIpc) is 2.20. The predicted octanol–water partition coefficient (Wildman–Crippen LogP) is 2.29. The predicted molar refractivity (Wildman–Crippen MR) is 57.2 cm³/mol. The van der Waals surface area contributed by atoms with E-state index in [9.17, 15) is 13.9 Å². The van der Waals surface area contributed by atoms with Crippen LogP contribution >= 0.6 is 0 Å². The molecule has 0 aliphatic rings. The van der Waals surface area contributed by atoms with Gasteiger partial charge in [-0.2, -0.15) is 0 Å². The first-order chi connectivity index (χ1) is 7.44. The molecule has 0 bridgehead atoms. The molecule has 0 fully saturated rings. The molecule has 0 saturated carbocycles. The Morgan fingerprint density at radius 3 is 2.56 bits per heavy atom. The molecule has 16 heavy (non-hydrogen) atoms. The van der Waals surface area contributed by atoms with Gasteiger partial charge in [0.15, 0.2) is 11.6 Å². The van der Waals surface area contributed by atoms with E-state index in [1.165, 1.54) is 6.07 Å². The largest absolute Gasteiger partial charge is 0.387 e. The topological polar surface area (TPSA) is 29.5 Å². The van der Waals surface area contributed by atoms with Gasteiger partial charge in [-0.25, -0.2) is 8.78 Å². The molecule has 0 saturated heterocycles. The van der Waals surface area contributed by atoms with Crippen molar-refractivity contribution in [2.45, 2.75) is 25.9 Å². The number of aliphatic hydroxyl groups is 1. The molecule has 0 amide bonds. The van der Waals surface area contributed by atoms with Gasteiger partial charge in [0.1, 0.15) is 0 Å². The molecule has 0 aliphatic carbocycles. The monoisotopic (exact) mass is 230 g/mol. The minimum Gasteiger partial charge on any atom is -0.387 e. The van der Waals surface area contributed by atoms with Crippen LogP contribution in [0.1, 0.15) is 19.4 Å². The lowest BCUT2D eigenvalue weighted by atomic mass is 9.97. The number of ether oxygens (including phenoxy) is 1. The summed E-state index contributed by atoms with van der Waals surface area (Å²) >= 11 is 0. The van der Waals surface area contributed by atoms with Gasteiger partial charge >= 0.3 is 0 Å². The minimum atomic E-state index is -1.07. The van der Waals surface area contributed by atoms with Crippen molar-refractivity contribution in [2.24, 2.45) is 0 Å². The fraction of sp³-hybridized carbons (Fsp3) is 0.500. The lowest BCUT2D eigenvalue weighted by Gasteiger charge is -2.22. The third-order valence-electron chi connectivity index (χ3n) is 2.19. The molecule has 2 nitrogen and oxygen atoms in total. The summed E-state index contributed by atoms with van der Waals surface area (Å²) in [4.78, 5) is 0. The smallest absolute Gasteiger partial charge is 0.159 e. The summed E-state index contributed by atoms with van der Waals surface area (Å²) < 4.78 is 30.7. The van der Waals surface area contributed by atoms with Gasteiger partial charge in [-0.3, -0.25) is 0 Å². The van der Waals surface area contributed by atoms with Crippen molar-refractivity contribution in [3.05, 3.63) is 35.4 Å². The highest BCUT2D eigenvalue weighted by Crippen LogP contribution is 2.16. The quantitative estimate of drug-likeness (QED) is 0.841. The zero-order valence-corrected chi connectivity index (χ0v) is 9.46. The summed E-state index contributed by atoms with van der Waals surface area (Å²) in [6.07, 6.45) is 0.226. The molecule has 0 spiro atoms. The van der Waals surface area contributed by atoms with Gasteiger partial charge < -0.3 is 9.84 Å². The normalized spacial score (nSPS) is 14.8. The Hall–Kier alpha value is -1.00. The first kappa shape index (κ1) is 13.1. The molecule has 1 unspecified atom stereocenters. The van der Waals surface area contributed by atoms with Crippen molar-refractivity contribution in [1.29, 1.82) is 0 Å². The van der Waals surface area contributed by atoms with Crippen LogP contribution in [0.15, 0.2) is 18.2 Å². The molecule has 0 aliphatic heterocycles. The van der Waals surface area contributed by atoms with Crippen LogP contribution < -0.4 is 0 Å². The van der Waals surface area contributed by atoms with E-state index in [1.54, 1.807) is 6.92 Å². The van der Waals surface area contributed by atoms with Crippen molar-refractivity contribution in [1.82, 2.24) is 0 Å². The molecule has 0 radical (unpaired) electrons. The van der Waals surface area contributed by atoms with E-state index in [0.29, 0.717) is 12.2 Å². The molecule has 0 heterocycles. The van der Waals surface area contributed by atoms with Crippen LogP contribution in [0.4, 0.5) is 8.78 Å². The summed E-state index contributed by atoms with van der Waals surface area (Å²) in [6.45, 7) is 4.11. The minimum absolute atomic E-state index is 0.169. The maximum Gasteiger partial charge on any atom is 0.159 e. The molecule has 90 valence electrons. The molecule has 1 aromatic carbocycles. The molecular formula is C12H16F2O2. The van der Waals surface area contributed by atoms with Crippen LogP contribution in [0.5, 0.6) is 0 Å². The molecule has 1 aromatic rings. The van der Waals surface area contributed by atoms with Crippen molar-refractivity contribution < 1.29 is 18.6 Å². The highest BCUT2D eigenvalue weighted by molar-refractivity contribution is 5.19. The van der Waals surface area contributed by atoms with Gasteiger partial charge in [-0.1, -0.05) is 6.07 Å². The maximum atomic E-state index is 12.9. The SMILES string of the molecule is CCOCC(C)(O)Cc1ccc(F)c(F)c1. The van der Waals surface area contributed by atoms with Gasteiger partial charge in [-0.15, -0.1) is 0 Å². The second kappa shape index (κ2) is 5.37. The number of hydrogen-bond acceptors (Lipinski definition) is 2.